The van der Waals surface area contributed by atoms with E-state index in [1.54, 1.807) is 0 Å². The van der Waals surface area contributed by atoms with Gasteiger partial charge >= 0.3 is 0 Å². The van der Waals surface area contributed by atoms with Gasteiger partial charge in [-0.15, -0.1) is 0 Å². The van der Waals surface area contributed by atoms with E-state index in [0.29, 0.717) is 11.8 Å². The van der Waals surface area contributed by atoms with Gasteiger partial charge in [-0.05, 0) is 37.2 Å². The number of hydrogen-bond donors (Lipinski definition) is 0. The normalized spacial score (nSPS) is 25.1. The second kappa shape index (κ2) is 5.28. The molecule has 0 N–H and O–H groups in total. The lowest BCUT2D eigenvalue weighted by molar-refractivity contribution is -0.135. The van der Waals surface area contributed by atoms with Crippen LogP contribution in [0.15, 0.2) is 30.3 Å². The zero-order valence-corrected chi connectivity index (χ0v) is 12.7. The highest BCUT2D eigenvalue weighted by atomic mass is 79.9. The molecule has 1 heterocycles. The Morgan fingerprint density at radius 1 is 1.32 bits per heavy atom. The third kappa shape index (κ3) is 2.45. The summed E-state index contributed by atoms with van der Waals surface area (Å²) in [6.45, 7) is 1.87. The topological polar surface area (TPSA) is 20.3 Å². The van der Waals surface area contributed by atoms with Crippen molar-refractivity contribution in [3.8, 4) is 0 Å². The zero-order chi connectivity index (χ0) is 13.3. The van der Waals surface area contributed by atoms with Crippen LogP contribution in [-0.4, -0.2) is 29.2 Å². The summed E-state index contributed by atoms with van der Waals surface area (Å²) in [5.41, 5.74) is 1.02. The smallest absolute Gasteiger partial charge is 0.233 e. The van der Waals surface area contributed by atoms with Crippen molar-refractivity contribution in [3.63, 3.8) is 0 Å². The van der Waals surface area contributed by atoms with Crippen LogP contribution < -0.4 is 0 Å². The van der Waals surface area contributed by atoms with E-state index < -0.39 is 0 Å². The van der Waals surface area contributed by atoms with Crippen LogP contribution in [0.3, 0.4) is 0 Å². The van der Waals surface area contributed by atoms with Crippen LogP contribution in [0.1, 0.15) is 31.2 Å². The summed E-state index contributed by atoms with van der Waals surface area (Å²) in [5.74, 6) is 0.994. The second-order valence-corrected chi connectivity index (χ2v) is 6.51. The van der Waals surface area contributed by atoms with Gasteiger partial charge in [0.15, 0.2) is 0 Å². The Balaban J connectivity index is 1.77. The van der Waals surface area contributed by atoms with E-state index in [4.69, 9.17) is 0 Å². The van der Waals surface area contributed by atoms with Gasteiger partial charge in [-0.3, -0.25) is 4.79 Å². The van der Waals surface area contributed by atoms with Crippen LogP contribution in [0.4, 0.5) is 0 Å². The first-order valence-electron chi connectivity index (χ1n) is 7.17. The number of amides is 1. The minimum absolute atomic E-state index is 0.185. The first-order chi connectivity index (χ1) is 9.26. The lowest BCUT2D eigenvalue weighted by Crippen LogP contribution is -2.45. The average molecular weight is 322 g/mol. The molecule has 0 bridgehead atoms. The molecular formula is C16H20BrNO. The number of halogens is 1. The molecular weight excluding hydrogens is 302 g/mol. The first-order valence-corrected chi connectivity index (χ1v) is 8.29. The number of hydrogen-bond acceptors (Lipinski definition) is 1. The van der Waals surface area contributed by atoms with Gasteiger partial charge in [-0.25, -0.2) is 0 Å². The lowest BCUT2D eigenvalue weighted by atomic mass is 9.92. The molecule has 1 aliphatic carbocycles. The van der Waals surface area contributed by atoms with E-state index >= 15 is 0 Å². The summed E-state index contributed by atoms with van der Waals surface area (Å²) in [7, 11) is 0. The quantitative estimate of drug-likeness (QED) is 0.782. The third-order valence-electron chi connectivity index (χ3n) is 4.51. The molecule has 1 aromatic carbocycles. The molecule has 1 saturated carbocycles. The van der Waals surface area contributed by atoms with Gasteiger partial charge in [0.05, 0.1) is 5.41 Å². The maximum absolute atomic E-state index is 12.9. The van der Waals surface area contributed by atoms with E-state index in [2.05, 4.69) is 33.0 Å². The van der Waals surface area contributed by atoms with Crippen molar-refractivity contribution < 1.29 is 4.79 Å². The molecule has 1 atom stereocenters. The van der Waals surface area contributed by atoms with Crippen molar-refractivity contribution in [2.24, 2.45) is 5.92 Å². The van der Waals surface area contributed by atoms with Crippen molar-refractivity contribution in [1.29, 1.82) is 0 Å². The van der Waals surface area contributed by atoms with E-state index in [0.717, 1.165) is 37.7 Å². The Morgan fingerprint density at radius 2 is 2.05 bits per heavy atom. The number of nitrogens with zero attached hydrogens (tertiary/aromatic N) is 1. The Hall–Kier alpha value is -0.830. The predicted molar refractivity (Wildman–Crippen MR) is 80.5 cm³/mol. The lowest BCUT2D eigenvalue weighted by Gasteiger charge is -2.34. The van der Waals surface area contributed by atoms with Gasteiger partial charge in [0.1, 0.15) is 0 Å². The largest absolute Gasteiger partial charge is 0.342 e. The summed E-state index contributed by atoms with van der Waals surface area (Å²) >= 11 is 3.56. The van der Waals surface area contributed by atoms with Crippen molar-refractivity contribution in [2.45, 2.75) is 31.1 Å². The van der Waals surface area contributed by atoms with Crippen molar-refractivity contribution in [2.75, 3.05) is 18.4 Å². The van der Waals surface area contributed by atoms with Gasteiger partial charge < -0.3 is 4.90 Å². The van der Waals surface area contributed by atoms with Crippen LogP contribution >= 0.6 is 15.9 Å². The molecule has 19 heavy (non-hydrogen) atoms. The van der Waals surface area contributed by atoms with E-state index in [1.807, 2.05) is 18.2 Å². The molecule has 0 radical (unpaired) electrons. The predicted octanol–water partition coefficient (Wildman–Crippen LogP) is 3.35. The molecule has 2 aliphatic rings. The molecule has 1 amide bonds. The van der Waals surface area contributed by atoms with Crippen LogP contribution in [0.2, 0.25) is 0 Å². The van der Waals surface area contributed by atoms with Crippen molar-refractivity contribution in [1.82, 2.24) is 4.90 Å². The fraction of sp³-hybridized carbons (Fsp3) is 0.562. The van der Waals surface area contributed by atoms with Gasteiger partial charge in [0, 0.05) is 18.4 Å². The Bertz CT molecular complexity index is 455. The maximum Gasteiger partial charge on any atom is 0.233 e. The van der Waals surface area contributed by atoms with Crippen LogP contribution in [0.25, 0.3) is 0 Å². The van der Waals surface area contributed by atoms with E-state index in [9.17, 15) is 4.79 Å². The fourth-order valence-electron chi connectivity index (χ4n) is 3.19. The van der Waals surface area contributed by atoms with Crippen LogP contribution in [0.5, 0.6) is 0 Å². The summed E-state index contributed by atoms with van der Waals surface area (Å²) < 4.78 is 0. The molecule has 0 aromatic heterocycles. The molecule has 1 aliphatic heterocycles. The highest BCUT2D eigenvalue weighted by Gasteiger charge is 2.53. The molecule has 3 heteroatoms. The summed E-state index contributed by atoms with van der Waals surface area (Å²) in [4.78, 5) is 15.0. The Kier molecular flexibility index (Phi) is 3.66. The van der Waals surface area contributed by atoms with Gasteiger partial charge in [-0.1, -0.05) is 46.3 Å². The number of benzene rings is 1. The number of carbonyl (C=O) groups excluding carboxylic acids is 1. The second-order valence-electron chi connectivity index (χ2n) is 5.86. The summed E-state index contributed by atoms with van der Waals surface area (Å²) in [5, 5.41) is 1.01. The van der Waals surface area contributed by atoms with E-state index in [1.165, 1.54) is 12.0 Å². The minimum Gasteiger partial charge on any atom is -0.342 e. The van der Waals surface area contributed by atoms with Crippen molar-refractivity contribution >= 4 is 21.8 Å². The van der Waals surface area contributed by atoms with Crippen molar-refractivity contribution in [3.05, 3.63) is 35.9 Å². The third-order valence-corrected chi connectivity index (χ3v) is 5.43. The molecule has 102 valence electrons. The summed E-state index contributed by atoms with van der Waals surface area (Å²) in [6, 6.07) is 10.3. The number of piperidine rings is 1. The average Bonchev–Trinajstić information content (AvgIpc) is 3.29. The minimum atomic E-state index is -0.185. The van der Waals surface area contributed by atoms with Crippen LogP contribution in [0, 0.1) is 5.92 Å². The number of carbonyl (C=O) groups is 1. The molecule has 0 spiro atoms. The first kappa shape index (κ1) is 13.2. The van der Waals surface area contributed by atoms with Gasteiger partial charge in [0.25, 0.3) is 0 Å². The molecule has 2 nitrogen and oxygen atoms in total. The van der Waals surface area contributed by atoms with Gasteiger partial charge in [-0.2, -0.15) is 0 Å². The molecule has 1 unspecified atom stereocenters. The number of rotatable bonds is 3. The Morgan fingerprint density at radius 3 is 2.68 bits per heavy atom. The van der Waals surface area contributed by atoms with Gasteiger partial charge in [0.2, 0.25) is 5.91 Å². The molecule has 2 fully saturated rings. The Labute approximate surface area is 123 Å². The number of alkyl halides is 1. The zero-order valence-electron chi connectivity index (χ0n) is 11.1. The highest BCUT2D eigenvalue weighted by molar-refractivity contribution is 9.09. The fourth-order valence-corrected chi connectivity index (χ4v) is 3.71. The monoisotopic (exact) mass is 321 g/mol. The SMILES string of the molecule is O=C(N1CCCC(CBr)C1)C1(c2ccccc2)CC1. The molecule has 1 aromatic rings. The standard InChI is InChI=1S/C16H20BrNO/c17-11-13-5-4-10-18(12-13)15(19)16(8-9-16)14-6-2-1-3-7-14/h1-3,6-7,13H,4-5,8-12H2. The summed E-state index contributed by atoms with van der Waals surface area (Å²) in [6.07, 6.45) is 4.43. The van der Waals surface area contributed by atoms with E-state index in [-0.39, 0.29) is 5.41 Å². The number of likely N-dealkylation sites (tertiary alicyclic amines) is 1. The maximum atomic E-state index is 12.9. The highest BCUT2D eigenvalue weighted by Crippen LogP contribution is 2.49. The molecule has 1 saturated heterocycles. The molecule has 3 rings (SSSR count). The van der Waals surface area contributed by atoms with Crippen LogP contribution in [-0.2, 0) is 10.2 Å².